The molecule has 3 rings (SSSR count). The molecular weight excluding hydrogens is 388 g/mol. The molecule has 1 atom stereocenters. The van der Waals surface area contributed by atoms with Crippen molar-refractivity contribution in [3.63, 3.8) is 0 Å². The van der Waals surface area contributed by atoms with Crippen molar-refractivity contribution in [2.24, 2.45) is 11.8 Å². The van der Waals surface area contributed by atoms with Gasteiger partial charge in [-0.1, -0.05) is 12.1 Å². The van der Waals surface area contributed by atoms with Gasteiger partial charge in [-0.05, 0) is 56.7 Å². The molecule has 2 aliphatic rings. The Bertz CT molecular complexity index is 874. The number of aliphatic carboxylic acids is 1. The zero-order chi connectivity index (χ0) is 22.1. The maximum absolute atomic E-state index is 13.1. The lowest BCUT2D eigenvalue weighted by atomic mass is 9.82. The maximum atomic E-state index is 13.1. The Morgan fingerprint density at radius 2 is 1.97 bits per heavy atom. The number of likely N-dealkylation sites (tertiary alicyclic amines) is 1. The number of hydrogen-bond donors (Lipinski definition) is 2. The number of carboxylic acid groups (broad SMARTS) is 1. The first-order valence-electron chi connectivity index (χ1n) is 10.1. The third-order valence-corrected chi connectivity index (χ3v) is 5.60. The molecule has 1 aliphatic heterocycles. The summed E-state index contributed by atoms with van der Waals surface area (Å²) < 4.78 is 5.85. The summed E-state index contributed by atoms with van der Waals surface area (Å²) in [5.41, 5.74) is 1.07. The van der Waals surface area contributed by atoms with E-state index in [4.69, 9.17) is 9.84 Å². The lowest BCUT2D eigenvalue weighted by Gasteiger charge is -2.44. The smallest absolute Gasteiger partial charge is 0.322 e. The molecule has 1 saturated heterocycles. The van der Waals surface area contributed by atoms with Crippen LogP contribution in [0, 0.1) is 18.8 Å². The van der Waals surface area contributed by atoms with E-state index in [0.717, 1.165) is 16.9 Å². The minimum absolute atomic E-state index is 0.0193. The molecule has 30 heavy (non-hydrogen) atoms. The molecule has 1 saturated carbocycles. The van der Waals surface area contributed by atoms with E-state index >= 15 is 0 Å². The monoisotopic (exact) mass is 416 g/mol. The number of piperidine rings is 1. The van der Waals surface area contributed by atoms with Gasteiger partial charge < -0.3 is 20.1 Å². The Balaban J connectivity index is 1.74. The predicted molar refractivity (Wildman–Crippen MR) is 108 cm³/mol. The second kappa shape index (κ2) is 8.45. The van der Waals surface area contributed by atoms with E-state index in [2.05, 4.69) is 5.32 Å². The van der Waals surface area contributed by atoms with E-state index in [-0.39, 0.29) is 13.0 Å². The average Bonchev–Trinajstić information content (AvgIpc) is 3.46. The fourth-order valence-electron chi connectivity index (χ4n) is 3.68. The van der Waals surface area contributed by atoms with E-state index in [1.165, 1.54) is 17.7 Å². The summed E-state index contributed by atoms with van der Waals surface area (Å²) in [4.78, 5) is 50.0. The lowest BCUT2D eigenvalue weighted by molar-refractivity contribution is -0.158. The van der Waals surface area contributed by atoms with Crippen molar-refractivity contribution in [1.82, 2.24) is 10.2 Å². The van der Waals surface area contributed by atoms with Gasteiger partial charge in [-0.25, -0.2) is 0 Å². The number of aryl methyl sites for hydroxylation is 1. The molecule has 0 bridgehead atoms. The van der Waals surface area contributed by atoms with E-state index in [0.29, 0.717) is 12.5 Å². The Kier molecular flexibility index (Phi) is 6.14. The van der Waals surface area contributed by atoms with Gasteiger partial charge in [-0.15, -0.1) is 0 Å². The fourth-order valence-corrected chi connectivity index (χ4v) is 3.68. The highest BCUT2D eigenvalue weighted by molar-refractivity contribution is 6.20. The molecule has 8 heteroatoms. The van der Waals surface area contributed by atoms with Gasteiger partial charge in [0.05, 0.1) is 6.61 Å². The van der Waals surface area contributed by atoms with Crippen molar-refractivity contribution in [3.8, 4) is 5.75 Å². The standard InChI is InChI=1S/C22H28N2O6/c1-13-8-15(6-7-17(13)30-12-14-4-5-14)11-24-21(29)19(16(25)9-22(24,2)3)20(28)23-10-18(26)27/h6-8,14,19H,4-5,9-12H2,1-3H3,(H,23,28)(H,26,27). The Morgan fingerprint density at radius 1 is 1.27 bits per heavy atom. The summed E-state index contributed by atoms with van der Waals surface area (Å²) in [5.74, 6) is -3.26. The number of ether oxygens (including phenoxy) is 1. The van der Waals surface area contributed by atoms with E-state index in [1.54, 1.807) is 13.8 Å². The number of nitrogens with zero attached hydrogens (tertiary/aromatic N) is 1. The quantitative estimate of drug-likeness (QED) is 0.624. The molecule has 2 fully saturated rings. The molecule has 1 aromatic rings. The van der Waals surface area contributed by atoms with Crippen LogP contribution in [0.3, 0.4) is 0 Å². The Hall–Kier alpha value is -2.90. The van der Waals surface area contributed by atoms with Crippen molar-refractivity contribution < 1.29 is 29.0 Å². The van der Waals surface area contributed by atoms with Crippen molar-refractivity contribution in [1.29, 1.82) is 0 Å². The number of Topliss-reactive ketones (excluding diaryl/α,β-unsaturated/α-hetero) is 1. The minimum atomic E-state index is -1.51. The number of rotatable bonds is 8. The number of carbonyl (C=O) groups is 4. The SMILES string of the molecule is Cc1cc(CN2C(=O)C(C(=O)NCC(=O)O)C(=O)CC2(C)C)ccc1OCC1CC1. The topological polar surface area (TPSA) is 113 Å². The summed E-state index contributed by atoms with van der Waals surface area (Å²) in [7, 11) is 0. The lowest BCUT2D eigenvalue weighted by Crippen LogP contribution is -2.60. The first kappa shape index (κ1) is 21.8. The van der Waals surface area contributed by atoms with Crippen LogP contribution in [0.25, 0.3) is 0 Å². The van der Waals surface area contributed by atoms with Crippen LogP contribution in [0.2, 0.25) is 0 Å². The predicted octanol–water partition coefficient (Wildman–Crippen LogP) is 1.68. The summed E-state index contributed by atoms with van der Waals surface area (Å²) in [6.45, 7) is 5.84. The fraction of sp³-hybridized carbons (Fsp3) is 0.545. The largest absolute Gasteiger partial charge is 0.493 e. The van der Waals surface area contributed by atoms with Crippen molar-refractivity contribution in [3.05, 3.63) is 29.3 Å². The highest BCUT2D eigenvalue weighted by Crippen LogP contribution is 2.33. The van der Waals surface area contributed by atoms with Crippen LogP contribution in [0.5, 0.6) is 5.75 Å². The van der Waals surface area contributed by atoms with Gasteiger partial charge in [-0.3, -0.25) is 19.2 Å². The van der Waals surface area contributed by atoms with Crippen LogP contribution in [0.4, 0.5) is 0 Å². The van der Waals surface area contributed by atoms with Crippen LogP contribution in [-0.4, -0.2) is 52.3 Å². The van der Waals surface area contributed by atoms with Gasteiger partial charge in [0.1, 0.15) is 12.3 Å². The molecule has 1 heterocycles. The average molecular weight is 416 g/mol. The van der Waals surface area contributed by atoms with Crippen LogP contribution >= 0.6 is 0 Å². The number of ketones is 1. The van der Waals surface area contributed by atoms with Crippen LogP contribution in [-0.2, 0) is 25.7 Å². The molecule has 8 nitrogen and oxygen atoms in total. The molecule has 162 valence electrons. The third kappa shape index (κ3) is 4.98. The summed E-state index contributed by atoms with van der Waals surface area (Å²) in [5, 5.41) is 10.9. The first-order chi connectivity index (χ1) is 14.1. The number of hydrogen-bond acceptors (Lipinski definition) is 5. The Morgan fingerprint density at radius 3 is 2.57 bits per heavy atom. The Labute approximate surface area is 175 Å². The molecule has 2 amide bonds. The van der Waals surface area contributed by atoms with Crippen molar-refractivity contribution >= 4 is 23.6 Å². The number of benzene rings is 1. The van der Waals surface area contributed by atoms with Crippen LogP contribution in [0.1, 0.15) is 44.2 Å². The van der Waals surface area contributed by atoms with Gasteiger partial charge >= 0.3 is 5.97 Å². The second-order valence-electron chi connectivity index (χ2n) is 8.78. The van der Waals surface area contributed by atoms with Gasteiger partial charge in [0.15, 0.2) is 11.7 Å². The van der Waals surface area contributed by atoms with Crippen LogP contribution in [0.15, 0.2) is 18.2 Å². The normalized spacial score (nSPS) is 20.8. The minimum Gasteiger partial charge on any atom is -0.493 e. The molecular formula is C22H28N2O6. The summed E-state index contributed by atoms with van der Waals surface area (Å²) in [6, 6.07) is 5.72. The van der Waals surface area contributed by atoms with Gasteiger partial charge in [0, 0.05) is 18.5 Å². The number of amides is 2. The first-order valence-corrected chi connectivity index (χ1v) is 10.1. The van der Waals surface area contributed by atoms with E-state index in [9.17, 15) is 19.2 Å². The number of nitrogens with one attached hydrogen (secondary N) is 1. The number of carboxylic acids is 1. The molecule has 2 N–H and O–H groups in total. The van der Waals surface area contributed by atoms with E-state index in [1.807, 2.05) is 25.1 Å². The molecule has 0 spiro atoms. The zero-order valence-electron chi connectivity index (χ0n) is 17.6. The van der Waals surface area contributed by atoms with Gasteiger partial charge in [0.25, 0.3) is 0 Å². The van der Waals surface area contributed by atoms with Gasteiger partial charge in [-0.2, -0.15) is 0 Å². The van der Waals surface area contributed by atoms with Crippen LogP contribution < -0.4 is 10.1 Å². The molecule has 1 unspecified atom stereocenters. The third-order valence-electron chi connectivity index (χ3n) is 5.60. The highest BCUT2D eigenvalue weighted by atomic mass is 16.5. The van der Waals surface area contributed by atoms with E-state index < -0.39 is 41.6 Å². The summed E-state index contributed by atoms with van der Waals surface area (Å²) in [6.07, 6.45) is 2.44. The molecule has 0 aromatic heterocycles. The molecule has 1 aliphatic carbocycles. The molecule has 1 aromatic carbocycles. The van der Waals surface area contributed by atoms with Gasteiger partial charge in [0.2, 0.25) is 11.8 Å². The zero-order valence-corrected chi connectivity index (χ0v) is 17.6. The second-order valence-corrected chi connectivity index (χ2v) is 8.78. The highest BCUT2D eigenvalue weighted by Gasteiger charge is 2.48. The van der Waals surface area contributed by atoms with Crippen molar-refractivity contribution in [2.45, 2.75) is 52.1 Å². The van der Waals surface area contributed by atoms with Crippen molar-refractivity contribution in [2.75, 3.05) is 13.2 Å². The molecule has 0 radical (unpaired) electrons. The maximum Gasteiger partial charge on any atom is 0.322 e. The summed E-state index contributed by atoms with van der Waals surface area (Å²) >= 11 is 0. The number of carbonyl (C=O) groups excluding carboxylic acids is 3.